The summed E-state index contributed by atoms with van der Waals surface area (Å²) >= 11 is 10.2. The van der Waals surface area contributed by atoms with E-state index in [0.717, 1.165) is 27.4 Å². The number of ether oxygens (including phenoxy) is 3. The molecule has 10 heteroatoms. The highest BCUT2D eigenvalue weighted by Gasteiger charge is 2.35. The number of carbonyl (C=O) groups is 3. The van der Waals surface area contributed by atoms with Crippen molar-refractivity contribution in [3.63, 3.8) is 0 Å². The van der Waals surface area contributed by atoms with Gasteiger partial charge in [0.2, 0.25) is 0 Å². The van der Waals surface area contributed by atoms with Crippen LogP contribution in [0, 0.1) is 0 Å². The molecule has 0 saturated carbocycles. The van der Waals surface area contributed by atoms with Gasteiger partial charge in [0.05, 0.1) is 28.6 Å². The molecule has 0 aromatic heterocycles. The van der Waals surface area contributed by atoms with Crippen LogP contribution < -0.4 is 14.2 Å². The number of methoxy groups -OCH3 is 1. The van der Waals surface area contributed by atoms with Crippen molar-refractivity contribution in [2.45, 2.75) is 0 Å². The maximum Gasteiger partial charge on any atom is 0.344 e. The molecule has 0 radical (unpaired) electrons. The lowest BCUT2D eigenvalue weighted by Gasteiger charge is -2.14. The summed E-state index contributed by atoms with van der Waals surface area (Å²) < 4.78 is 17.3. The summed E-state index contributed by atoms with van der Waals surface area (Å²) in [5.74, 6) is 0.113. The standard InChI is InChI=1S/C30H21BrClNO6S/c1-37-25-16-18(15-24(31)27(25)39-29(35)23-8-4-6-19-5-2-3-7-22(19)23)17-26-28(34)33(30(36)40-26)13-14-38-21-11-9-20(32)10-12-21/h2-12,15-17H,13-14H2,1H3/b26-17-. The lowest BCUT2D eigenvalue weighted by Crippen LogP contribution is -2.32. The summed E-state index contributed by atoms with van der Waals surface area (Å²) in [6, 6.07) is 23.1. The van der Waals surface area contributed by atoms with Gasteiger partial charge < -0.3 is 14.2 Å². The van der Waals surface area contributed by atoms with E-state index in [2.05, 4.69) is 15.9 Å². The zero-order valence-corrected chi connectivity index (χ0v) is 24.2. The predicted octanol–water partition coefficient (Wildman–Crippen LogP) is 7.60. The van der Waals surface area contributed by atoms with E-state index < -0.39 is 11.9 Å². The molecule has 1 aliphatic rings. The number of nitrogens with zero attached hydrogens (tertiary/aromatic N) is 1. The number of benzene rings is 4. The van der Waals surface area contributed by atoms with Gasteiger partial charge in [-0.25, -0.2) is 4.79 Å². The number of hydrogen-bond acceptors (Lipinski definition) is 7. The van der Waals surface area contributed by atoms with Crippen LogP contribution in [0.2, 0.25) is 5.02 Å². The molecule has 202 valence electrons. The fraction of sp³-hybridized carbons (Fsp3) is 0.100. The van der Waals surface area contributed by atoms with Gasteiger partial charge in [-0.2, -0.15) is 0 Å². The fourth-order valence-electron chi connectivity index (χ4n) is 4.10. The molecule has 40 heavy (non-hydrogen) atoms. The first-order valence-electron chi connectivity index (χ1n) is 12.1. The molecule has 1 aliphatic heterocycles. The molecule has 1 heterocycles. The minimum Gasteiger partial charge on any atom is -0.493 e. The van der Waals surface area contributed by atoms with Crippen molar-refractivity contribution < 1.29 is 28.6 Å². The van der Waals surface area contributed by atoms with Crippen molar-refractivity contribution in [3.8, 4) is 17.2 Å². The van der Waals surface area contributed by atoms with Gasteiger partial charge in [0.1, 0.15) is 12.4 Å². The predicted molar refractivity (Wildman–Crippen MR) is 159 cm³/mol. The Morgan fingerprint density at radius 3 is 2.55 bits per heavy atom. The van der Waals surface area contributed by atoms with Gasteiger partial charge in [-0.15, -0.1) is 0 Å². The molecule has 0 aliphatic carbocycles. The van der Waals surface area contributed by atoms with Crippen LogP contribution in [0.25, 0.3) is 16.8 Å². The number of thioether (sulfide) groups is 1. The van der Waals surface area contributed by atoms with Crippen molar-refractivity contribution in [2.75, 3.05) is 20.3 Å². The molecular weight excluding hydrogens is 618 g/mol. The Labute approximate surface area is 247 Å². The number of amides is 2. The molecular formula is C30H21BrClNO6S. The van der Waals surface area contributed by atoms with Crippen LogP contribution in [0.1, 0.15) is 15.9 Å². The van der Waals surface area contributed by atoms with Crippen LogP contribution in [0.5, 0.6) is 17.2 Å². The number of halogens is 2. The van der Waals surface area contributed by atoms with Gasteiger partial charge >= 0.3 is 5.97 Å². The van der Waals surface area contributed by atoms with Gasteiger partial charge in [0, 0.05) is 5.02 Å². The van der Waals surface area contributed by atoms with Gasteiger partial charge in [0.25, 0.3) is 11.1 Å². The Bertz CT molecular complexity index is 1650. The third kappa shape index (κ3) is 6.01. The van der Waals surface area contributed by atoms with E-state index in [9.17, 15) is 14.4 Å². The average Bonchev–Trinajstić information content (AvgIpc) is 3.22. The molecule has 1 saturated heterocycles. The first-order valence-corrected chi connectivity index (χ1v) is 14.0. The third-order valence-electron chi connectivity index (χ3n) is 6.02. The molecule has 7 nitrogen and oxygen atoms in total. The molecule has 0 N–H and O–H groups in total. The molecule has 0 atom stereocenters. The largest absolute Gasteiger partial charge is 0.493 e. The molecule has 0 unspecified atom stereocenters. The van der Waals surface area contributed by atoms with E-state index >= 15 is 0 Å². The first kappa shape index (κ1) is 27.8. The maximum atomic E-state index is 13.1. The molecule has 4 aromatic carbocycles. The van der Waals surface area contributed by atoms with Crippen LogP contribution in [0.3, 0.4) is 0 Å². The fourth-order valence-corrected chi connectivity index (χ4v) is 5.63. The molecule has 2 amide bonds. The highest BCUT2D eigenvalue weighted by atomic mass is 79.9. The van der Waals surface area contributed by atoms with Crippen LogP contribution in [-0.4, -0.2) is 42.3 Å². The monoisotopic (exact) mass is 637 g/mol. The second-order valence-corrected chi connectivity index (χ2v) is 10.9. The number of rotatable bonds is 8. The second kappa shape index (κ2) is 12.2. The Balaban J connectivity index is 1.31. The molecule has 0 spiro atoms. The van der Waals surface area contributed by atoms with E-state index in [1.807, 2.05) is 30.3 Å². The summed E-state index contributed by atoms with van der Waals surface area (Å²) in [5.41, 5.74) is 1.00. The Hall–Kier alpha value is -3.79. The van der Waals surface area contributed by atoms with Crippen LogP contribution in [-0.2, 0) is 4.79 Å². The summed E-state index contributed by atoms with van der Waals surface area (Å²) in [7, 11) is 1.45. The van der Waals surface area contributed by atoms with Crippen LogP contribution >= 0.6 is 39.3 Å². The van der Waals surface area contributed by atoms with Crippen molar-refractivity contribution in [2.24, 2.45) is 0 Å². The lowest BCUT2D eigenvalue weighted by molar-refractivity contribution is -0.123. The van der Waals surface area contributed by atoms with E-state index in [1.165, 1.54) is 7.11 Å². The van der Waals surface area contributed by atoms with E-state index in [1.54, 1.807) is 54.6 Å². The van der Waals surface area contributed by atoms with E-state index in [4.69, 9.17) is 25.8 Å². The van der Waals surface area contributed by atoms with Gasteiger partial charge in [-0.05, 0) is 92.6 Å². The Morgan fingerprint density at radius 2 is 1.77 bits per heavy atom. The number of carbonyl (C=O) groups excluding carboxylic acids is 3. The summed E-state index contributed by atoms with van der Waals surface area (Å²) in [6.45, 7) is 0.240. The van der Waals surface area contributed by atoms with E-state index in [-0.39, 0.29) is 34.8 Å². The van der Waals surface area contributed by atoms with Crippen molar-refractivity contribution in [1.29, 1.82) is 0 Å². The summed E-state index contributed by atoms with van der Waals surface area (Å²) in [4.78, 5) is 40.0. The van der Waals surface area contributed by atoms with Crippen molar-refractivity contribution >= 4 is 73.3 Å². The van der Waals surface area contributed by atoms with Gasteiger partial charge in [-0.1, -0.05) is 48.0 Å². The van der Waals surface area contributed by atoms with Gasteiger partial charge in [0.15, 0.2) is 11.5 Å². The maximum absolute atomic E-state index is 13.1. The highest BCUT2D eigenvalue weighted by molar-refractivity contribution is 9.10. The zero-order chi connectivity index (χ0) is 28.2. The zero-order valence-electron chi connectivity index (χ0n) is 21.1. The Morgan fingerprint density at radius 1 is 1.02 bits per heavy atom. The van der Waals surface area contributed by atoms with E-state index in [0.29, 0.717) is 26.4 Å². The number of hydrogen-bond donors (Lipinski definition) is 0. The number of esters is 1. The molecule has 0 bridgehead atoms. The Kier molecular flexibility index (Phi) is 8.44. The smallest absolute Gasteiger partial charge is 0.344 e. The highest BCUT2D eigenvalue weighted by Crippen LogP contribution is 2.40. The minimum absolute atomic E-state index is 0.0979. The molecule has 4 aromatic rings. The number of imide groups is 1. The quantitative estimate of drug-likeness (QED) is 0.112. The lowest BCUT2D eigenvalue weighted by atomic mass is 10.0. The summed E-state index contributed by atoms with van der Waals surface area (Å²) in [5, 5.41) is 1.89. The first-order chi connectivity index (χ1) is 19.3. The SMILES string of the molecule is COc1cc(/C=C2\SC(=O)N(CCOc3ccc(Cl)cc3)C2=O)cc(Br)c1OC(=O)c1cccc2ccccc12. The van der Waals surface area contributed by atoms with Crippen molar-refractivity contribution in [3.05, 3.63) is 104 Å². The molecule has 1 fully saturated rings. The van der Waals surface area contributed by atoms with Crippen molar-refractivity contribution in [1.82, 2.24) is 4.90 Å². The second-order valence-electron chi connectivity index (χ2n) is 8.59. The van der Waals surface area contributed by atoms with Crippen LogP contribution in [0.4, 0.5) is 4.79 Å². The third-order valence-corrected chi connectivity index (χ3v) is 7.77. The van der Waals surface area contributed by atoms with Crippen LogP contribution in [0.15, 0.2) is 88.2 Å². The molecule has 5 rings (SSSR count). The van der Waals surface area contributed by atoms with Gasteiger partial charge in [-0.3, -0.25) is 14.5 Å². The summed E-state index contributed by atoms with van der Waals surface area (Å²) in [6.07, 6.45) is 1.59. The normalized spacial score (nSPS) is 14.2. The minimum atomic E-state index is -0.537. The average molecular weight is 639 g/mol. The number of fused-ring (bicyclic) bond motifs is 1. The topological polar surface area (TPSA) is 82.1 Å².